The van der Waals surface area contributed by atoms with E-state index in [1.54, 1.807) is 0 Å². The molecule has 2 nitrogen and oxygen atoms in total. The number of hydrogen-bond donors (Lipinski definition) is 0. The Kier molecular flexibility index (Phi) is 7.08. The average Bonchev–Trinajstić information content (AvgIpc) is 2.84. The molecule has 0 spiro atoms. The Hall–Kier alpha value is -3.30. The highest BCUT2D eigenvalue weighted by atomic mass is 28.3. The van der Waals surface area contributed by atoms with Crippen LogP contribution in [-0.4, -0.2) is 15.4 Å². The lowest BCUT2D eigenvalue weighted by atomic mass is 10.2. The number of hydrogen-bond acceptors (Lipinski definition) is 2. The second-order valence-electron chi connectivity index (χ2n) is 8.78. The van der Waals surface area contributed by atoms with E-state index >= 15 is 0 Å². The fourth-order valence-electron chi connectivity index (χ4n) is 4.11. The van der Waals surface area contributed by atoms with Gasteiger partial charge in [-0.25, -0.2) is 0 Å². The molecule has 0 saturated heterocycles. The van der Waals surface area contributed by atoms with Gasteiger partial charge in [-0.15, -0.1) is 0 Å². The Morgan fingerprint density at radius 3 is 1.50 bits per heavy atom. The van der Waals surface area contributed by atoms with E-state index in [9.17, 15) is 0 Å². The minimum absolute atomic E-state index is 0.0329. The predicted octanol–water partition coefficient (Wildman–Crippen LogP) is 5.47. The van der Waals surface area contributed by atoms with Crippen LogP contribution < -0.4 is 19.8 Å². The maximum absolute atomic E-state index is 6.29. The van der Waals surface area contributed by atoms with Crippen molar-refractivity contribution in [1.29, 1.82) is 0 Å². The maximum Gasteiger partial charge on any atom is 0.120 e. The molecule has 0 heterocycles. The van der Waals surface area contributed by atoms with Crippen LogP contribution in [0.2, 0.25) is 5.04 Å². The van der Waals surface area contributed by atoms with Crippen LogP contribution in [-0.2, 0) is 6.61 Å². The molecule has 0 aliphatic rings. The molecule has 3 heteroatoms. The van der Waals surface area contributed by atoms with E-state index in [2.05, 4.69) is 86.6 Å². The fourth-order valence-corrected chi connectivity index (χ4v) is 7.77. The topological polar surface area (TPSA) is 18.5 Å². The van der Waals surface area contributed by atoms with Gasteiger partial charge in [0.05, 0.1) is 6.61 Å². The van der Waals surface area contributed by atoms with Crippen LogP contribution in [0.15, 0.2) is 115 Å². The quantitative estimate of drug-likeness (QED) is 0.323. The molecule has 4 aromatic carbocycles. The van der Waals surface area contributed by atoms with Crippen molar-refractivity contribution in [2.45, 2.75) is 25.5 Å². The fraction of sp³-hybridized carbons (Fsp3) is 0.172. The van der Waals surface area contributed by atoms with Gasteiger partial charge in [-0.1, -0.05) is 115 Å². The van der Waals surface area contributed by atoms with Gasteiger partial charge in [0.25, 0.3) is 0 Å². The first-order valence-corrected chi connectivity index (χ1v) is 12.8. The minimum Gasteiger partial charge on any atom is -0.493 e. The van der Waals surface area contributed by atoms with Crippen molar-refractivity contribution in [2.24, 2.45) is 0 Å². The van der Waals surface area contributed by atoms with Crippen LogP contribution in [0.5, 0.6) is 11.5 Å². The summed E-state index contributed by atoms with van der Waals surface area (Å²) in [5, 5.41) is 2.92. The van der Waals surface area contributed by atoms with E-state index in [1.165, 1.54) is 10.4 Å². The lowest BCUT2D eigenvalue weighted by Crippen LogP contribution is -2.51. The van der Waals surface area contributed by atoms with Crippen LogP contribution in [0.1, 0.15) is 19.4 Å². The molecular formula is C29H30O2Si. The summed E-state index contributed by atoms with van der Waals surface area (Å²) in [4.78, 5) is 0. The van der Waals surface area contributed by atoms with Crippen molar-refractivity contribution in [1.82, 2.24) is 0 Å². The zero-order chi connectivity index (χ0) is 22.2. The molecule has 0 atom stereocenters. The number of ether oxygens (including phenoxy) is 2. The Morgan fingerprint density at radius 2 is 1.00 bits per heavy atom. The van der Waals surface area contributed by atoms with Gasteiger partial charge in [0.1, 0.15) is 26.9 Å². The summed E-state index contributed by atoms with van der Waals surface area (Å²) < 4.78 is 12.2. The van der Waals surface area contributed by atoms with Crippen molar-refractivity contribution in [3.05, 3.63) is 121 Å². The first-order chi connectivity index (χ1) is 15.6. The van der Waals surface area contributed by atoms with Crippen LogP contribution in [0.4, 0.5) is 0 Å². The Morgan fingerprint density at radius 1 is 0.562 bits per heavy atom. The van der Waals surface area contributed by atoms with Crippen LogP contribution >= 0.6 is 0 Å². The van der Waals surface area contributed by atoms with E-state index in [0.717, 1.165) is 17.1 Å². The molecular weight excluding hydrogens is 408 g/mol. The summed E-state index contributed by atoms with van der Waals surface area (Å²) in [7, 11) is -1.51. The number of benzene rings is 4. The van der Waals surface area contributed by atoms with E-state index in [-0.39, 0.29) is 5.04 Å². The van der Waals surface area contributed by atoms with Gasteiger partial charge < -0.3 is 9.47 Å². The molecule has 0 unspecified atom stereocenters. The molecule has 32 heavy (non-hydrogen) atoms. The van der Waals surface area contributed by atoms with Crippen molar-refractivity contribution in [3.8, 4) is 11.5 Å². The van der Waals surface area contributed by atoms with Crippen molar-refractivity contribution < 1.29 is 9.47 Å². The minimum atomic E-state index is -1.51. The standard InChI is InChI=1S/C29H30O2Si/c1-29(2,32(27-14-8-4-9-15-27)28-16-10-5-11-17-28)23-31-26-20-18-25(19-21-26)30-22-24-12-6-3-7-13-24/h3-21,32H,22-23H2,1-2H3. The zero-order valence-corrected chi connectivity index (χ0v) is 19.9. The average molecular weight is 439 g/mol. The SMILES string of the molecule is CC(C)(COc1ccc(OCc2ccccc2)cc1)[SiH](c1ccccc1)c1ccccc1. The van der Waals surface area contributed by atoms with E-state index in [0.29, 0.717) is 13.2 Å². The summed E-state index contributed by atoms with van der Waals surface area (Å²) in [5.41, 5.74) is 1.16. The molecule has 4 rings (SSSR count). The lowest BCUT2D eigenvalue weighted by molar-refractivity contribution is 0.275. The first kappa shape index (κ1) is 21.9. The summed E-state index contributed by atoms with van der Waals surface area (Å²) in [6, 6.07) is 40.0. The second-order valence-corrected chi connectivity index (χ2v) is 12.5. The monoisotopic (exact) mass is 438 g/mol. The van der Waals surface area contributed by atoms with Gasteiger partial charge in [-0.05, 0) is 34.9 Å². The molecule has 0 aliphatic carbocycles. The van der Waals surface area contributed by atoms with E-state index < -0.39 is 8.80 Å². The van der Waals surface area contributed by atoms with E-state index in [4.69, 9.17) is 9.47 Å². The molecule has 0 bridgehead atoms. The third-order valence-corrected chi connectivity index (χ3v) is 9.56. The van der Waals surface area contributed by atoms with Crippen LogP contribution in [0.25, 0.3) is 0 Å². The Bertz CT molecular complexity index is 1040. The lowest BCUT2D eigenvalue weighted by Gasteiger charge is -2.34. The summed E-state index contributed by atoms with van der Waals surface area (Å²) >= 11 is 0. The highest BCUT2D eigenvalue weighted by Crippen LogP contribution is 2.30. The second kappa shape index (κ2) is 10.3. The molecule has 162 valence electrons. The van der Waals surface area contributed by atoms with Gasteiger partial charge in [-0.2, -0.15) is 0 Å². The highest BCUT2D eigenvalue weighted by Gasteiger charge is 2.34. The smallest absolute Gasteiger partial charge is 0.120 e. The summed E-state index contributed by atoms with van der Waals surface area (Å²) in [5.74, 6) is 1.72. The first-order valence-electron chi connectivity index (χ1n) is 11.1. The van der Waals surface area contributed by atoms with Crippen molar-refractivity contribution >= 4 is 19.2 Å². The molecule has 0 aromatic heterocycles. The van der Waals surface area contributed by atoms with Gasteiger partial charge in [0.15, 0.2) is 0 Å². The normalized spacial score (nSPS) is 11.3. The Labute approximate surface area is 193 Å². The molecule has 0 aliphatic heterocycles. The van der Waals surface area contributed by atoms with E-state index in [1.807, 2.05) is 42.5 Å². The van der Waals surface area contributed by atoms with Crippen LogP contribution in [0, 0.1) is 0 Å². The highest BCUT2D eigenvalue weighted by molar-refractivity contribution is 6.87. The Balaban J connectivity index is 1.43. The summed E-state index contributed by atoms with van der Waals surface area (Å²) in [6.07, 6.45) is 0. The third-order valence-electron chi connectivity index (χ3n) is 5.73. The number of rotatable bonds is 9. The molecule has 0 saturated carbocycles. The van der Waals surface area contributed by atoms with Gasteiger partial charge in [0.2, 0.25) is 0 Å². The molecule has 0 radical (unpaired) electrons. The summed E-state index contributed by atoms with van der Waals surface area (Å²) in [6.45, 7) is 5.90. The predicted molar refractivity (Wildman–Crippen MR) is 136 cm³/mol. The largest absolute Gasteiger partial charge is 0.493 e. The molecule has 4 aromatic rings. The van der Waals surface area contributed by atoms with Crippen molar-refractivity contribution in [3.63, 3.8) is 0 Å². The zero-order valence-electron chi connectivity index (χ0n) is 18.8. The van der Waals surface area contributed by atoms with Gasteiger partial charge >= 0.3 is 0 Å². The molecule has 0 fully saturated rings. The van der Waals surface area contributed by atoms with Crippen molar-refractivity contribution in [2.75, 3.05) is 6.61 Å². The third kappa shape index (κ3) is 5.68. The molecule has 0 amide bonds. The van der Waals surface area contributed by atoms with Gasteiger partial charge in [-0.3, -0.25) is 0 Å². The maximum atomic E-state index is 6.29. The van der Waals surface area contributed by atoms with Crippen LogP contribution in [0.3, 0.4) is 0 Å². The molecule has 0 N–H and O–H groups in total. The van der Waals surface area contributed by atoms with Gasteiger partial charge in [0, 0.05) is 0 Å².